The summed E-state index contributed by atoms with van der Waals surface area (Å²) >= 11 is 0. The van der Waals surface area contributed by atoms with Gasteiger partial charge in [0.25, 0.3) is 0 Å². The van der Waals surface area contributed by atoms with Gasteiger partial charge < -0.3 is 4.90 Å². The van der Waals surface area contributed by atoms with Crippen LogP contribution in [0.15, 0.2) is 12.1 Å². The number of carbonyl (C=O) groups is 1. The van der Waals surface area contributed by atoms with Gasteiger partial charge in [0, 0.05) is 18.7 Å². The van der Waals surface area contributed by atoms with Crippen LogP contribution >= 0.6 is 0 Å². The molecule has 0 N–H and O–H groups in total. The molecule has 1 aliphatic heterocycles. The van der Waals surface area contributed by atoms with Crippen LogP contribution in [-0.4, -0.2) is 26.1 Å². The van der Waals surface area contributed by atoms with Gasteiger partial charge in [-0.15, -0.1) is 3.89 Å². The lowest BCUT2D eigenvalue weighted by atomic mass is 9.84. The standard InChI is InChI=1S/C16H22FNO3S/c1-10-6-12(16(3,4)5)7-11(2)15(10)18-9-13(8-14(18)19)22(17,20)21/h6-7,13H,8-9H2,1-5H3. The van der Waals surface area contributed by atoms with Crippen LogP contribution < -0.4 is 4.90 Å². The van der Waals surface area contributed by atoms with E-state index in [-0.39, 0.29) is 24.3 Å². The van der Waals surface area contributed by atoms with Crippen LogP contribution in [0, 0.1) is 13.8 Å². The van der Waals surface area contributed by atoms with Gasteiger partial charge in [-0.2, -0.15) is 8.42 Å². The second kappa shape index (κ2) is 5.33. The maximum Gasteiger partial charge on any atom is 0.307 e. The first-order chi connectivity index (χ1) is 9.91. The summed E-state index contributed by atoms with van der Waals surface area (Å²) in [5, 5.41) is -1.26. The molecule has 0 aliphatic carbocycles. The van der Waals surface area contributed by atoms with E-state index in [2.05, 4.69) is 20.8 Å². The predicted octanol–water partition coefficient (Wildman–Crippen LogP) is 3.01. The third-order valence-electron chi connectivity index (χ3n) is 4.11. The molecule has 1 fully saturated rings. The fourth-order valence-corrected chi connectivity index (χ4v) is 3.56. The lowest BCUT2D eigenvalue weighted by molar-refractivity contribution is -0.117. The summed E-state index contributed by atoms with van der Waals surface area (Å²) in [6, 6.07) is 4.01. The molecule has 22 heavy (non-hydrogen) atoms. The van der Waals surface area contributed by atoms with E-state index in [1.165, 1.54) is 4.90 Å². The third-order valence-corrected chi connectivity index (χ3v) is 5.23. The largest absolute Gasteiger partial charge is 0.310 e. The first-order valence-corrected chi connectivity index (χ1v) is 8.71. The Morgan fingerprint density at radius 2 is 1.68 bits per heavy atom. The summed E-state index contributed by atoms with van der Waals surface area (Å²) in [4.78, 5) is 13.5. The van der Waals surface area contributed by atoms with Crippen molar-refractivity contribution in [2.75, 3.05) is 11.4 Å². The van der Waals surface area contributed by atoms with Crippen molar-refractivity contribution in [3.05, 3.63) is 28.8 Å². The van der Waals surface area contributed by atoms with Gasteiger partial charge in [0.05, 0.1) is 0 Å². The minimum Gasteiger partial charge on any atom is -0.310 e. The van der Waals surface area contributed by atoms with E-state index in [4.69, 9.17) is 0 Å². The minimum absolute atomic E-state index is 0.0200. The molecule has 0 radical (unpaired) electrons. The molecular weight excluding hydrogens is 305 g/mol. The van der Waals surface area contributed by atoms with Crippen molar-refractivity contribution in [3.8, 4) is 0 Å². The predicted molar refractivity (Wildman–Crippen MR) is 85.4 cm³/mol. The van der Waals surface area contributed by atoms with Crippen molar-refractivity contribution in [2.45, 2.75) is 51.7 Å². The Labute approximate surface area is 131 Å². The summed E-state index contributed by atoms with van der Waals surface area (Å²) in [7, 11) is -4.70. The van der Waals surface area contributed by atoms with E-state index < -0.39 is 15.5 Å². The van der Waals surface area contributed by atoms with Crippen LogP contribution in [0.5, 0.6) is 0 Å². The van der Waals surface area contributed by atoms with E-state index in [9.17, 15) is 17.1 Å². The quantitative estimate of drug-likeness (QED) is 0.785. The van der Waals surface area contributed by atoms with Crippen molar-refractivity contribution in [1.29, 1.82) is 0 Å². The van der Waals surface area contributed by atoms with E-state index in [1.807, 2.05) is 26.0 Å². The average Bonchev–Trinajstić information content (AvgIpc) is 2.69. The fourth-order valence-electron chi connectivity index (χ4n) is 2.89. The maximum atomic E-state index is 13.2. The molecule has 0 bridgehead atoms. The number of rotatable bonds is 2. The Morgan fingerprint density at radius 3 is 2.05 bits per heavy atom. The van der Waals surface area contributed by atoms with Gasteiger partial charge in [-0.05, 0) is 36.0 Å². The SMILES string of the molecule is Cc1cc(C(C)(C)C)cc(C)c1N1CC(S(=O)(=O)F)CC1=O. The summed E-state index contributed by atoms with van der Waals surface area (Å²) in [6.07, 6.45) is -0.293. The summed E-state index contributed by atoms with van der Waals surface area (Å²) < 4.78 is 35.3. The van der Waals surface area contributed by atoms with Crippen molar-refractivity contribution >= 4 is 21.8 Å². The Hall–Kier alpha value is -1.43. The zero-order valence-corrected chi connectivity index (χ0v) is 14.4. The van der Waals surface area contributed by atoms with E-state index in [0.29, 0.717) is 5.69 Å². The molecule has 1 aliphatic rings. The molecule has 122 valence electrons. The van der Waals surface area contributed by atoms with Gasteiger partial charge in [0.2, 0.25) is 5.91 Å². The highest BCUT2D eigenvalue weighted by Gasteiger charge is 2.40. The topological polar surface area (TPSA) is 54.5 Å². The molecule has 0 aromatic heterocycles. The smallest absolute Gasteiger partial charge is 0.307 e. The number of carbonyl (C=O) groups excluding carboxylic acids is 1. The van der Waals surface area contributed by atoms with Crippen LogP contribution in [0.4, 0.5) is 9.57 Å². The number of hydrogen-bond acceptors (Lipinski definition) is 3. The average molecular weight is 327 g/mol. The number of nitrogens with zero attached hydrogens (tertiary/aromatic N) is 1. The van der Waals surface area contributed by atoms with Crippen molar-refractivity contribution in [1.82, 2.24) is 0 Å². The molecule has 1 amide bonds. The molecule has 0 saturated carbocycles. The van der Waals surface area contributed by atoms with Crippen LogP contribution in [0.3, 0.4) is 0 Å². The number of benzene rings is 1. The Bertz CT molecular complexity index is 696. The molecule has 1 saturated heterocycles. The number of hydrogen-bond donors (Lipinski definition) is 0. The van der Waals surface area contributed by atoms with Gasteiger partial charge in [-0.1, -0.05) is 32.9 Å². The zero-order chi connectivity index (χ0) is 16.9. The first-order valence-electron chi connectivity index (χ1n) is 7.27. The molecule has 4 nitrogen and oxygen atoms in total. The van der Waals surface area contributed by atoms with Crippen molar-refractivity contribution in [2.24, 2.45) is 0 Å². The molecule has 1 atom stereocenters. The highest BCUT2D eigenvalue weighted by molar-refractivity contribution is 7.87. The normalized spacial score (nSPS) is 19.8. The molecule has 0 spiro atoms. The van der Waals surface area contributed by atoms with Gasteiger partial charge in [0.1, 0.15) is 5.25 Å². The van der Waals surface area contributed by atoms with Crippen LogP contribution in [0.2, 0.25) is 0 Å². The lowest BCUT2D eigenvalue weighted by Crippen LogP contribution is -2.28. The number of halogens is 1. The highest BCUT2D eigenvalue weighted by atomic mass is 32.3. The van der Waals surface area contributed by atoms with Gasteiger partial charge >= 0.3 is 10.2 Å². The molecule has 6 heteroatoms. The lowest BCUT2D eigenvalue weighted by Gasteiger charge is -2.26. The number of anilines is 1. The van der Waals surface area contributed by atoms with E-state index in [0.717, 1.165) is 16.7 Å². The molecule has 1 unspecified atom stereocenters. The van der Waals surface area contributed by atoms with Crippen LogP contribution in [0.25, 0.3) is 0 Å². The second-order valence-corrected chi connectivity index (χ2v) is 8.63. The molecular formula is C16H22FNO3S. The highest BCUT2D eigenvalue weighted by Crippen LogP contribution is 2.34. The first kappa shape index (κ1) is 16.9. The van der Waals surface area contributed by atoms with Crippen molar-refractivity contribution in [3.63, 3.8) is 0 Å². The Balaban J connectivity index is 2.44. The molecule has 1 aromatic carbocycles. The molecule has 1 aromatic rings. The van der Waals surface area contributed by atoms with Crippen LogP contribution in [-0.2, 0) is 20.4 Å². The molecule has 1 heterocycles. The number of amides is 1. The van der Waals surface area contributed by atoms with Crippen molar-refractivity contribution < 1.29 is 17.1 Å². The Morgan fingerprint density at radius 1 is 1.18 bits per heavy atom. The Kier molecular flexibility index (Phi) is 4.11. The molecule has 2 rings (SSSR count). The van der Waals surface area contributed by atoms with Crippen LogP contribution in [0.1, 0.15) is 43.9 Å². The summed E-state index contributed by atoms with van der Waals surface area (Å²) in [5.41, 5.74) is 3.62. The van der Waals surface area contributed by atoms with Gasteiger partial charge in [-0.3, -0.25) is 4.79 Å². The van der Waals surface area contributed by atoms with E-state index >= 15 is 0 Å². The number of aryl methyl sites for hydroxylation is 2. The zero-order valence-electron chi connectivity index (χ0n) is 13.6. The monoisotopic (exact) mass is 327 g/mol. The van der Waals surface area contributed by atoms with Gasteiger partial charge in [0.15, 0.2) is 0 Å². The summed E-state index contributed by atoms with van der Waals surface area (Å²) in [5.74, 6) is -0.346. The second-order valence-electron chi connectivity index (χ2n) is 7.01. The summed E-state index contributed by atoms with van der Waals surface area (Å²) in [6.45, 7) is 9.98. The van der Waals surface area contributed by atoms with Gasteiger partial charge in [-0.25, -0.2) is 0 Å². The maximum absolute atomic E-state index is 13.2. The van der Waals surface area contributed by atoms with E-state index in [1.54, 1.807) is 0 Å². The fraction of sp³-hybridized carbons (Fsp3) is 0.562. The third kappa shape index (κ3) is 3.16. The minimum atomic E-state index is -4.70.